The number of nitrogens with two attached hydrogens (primary N) is 1. The van der Waals surface area contributed by atoms with E-state index in [1.54, 1.807) is 20.2 Å². The van der Waals surface area contributed by atoms with Gasteiger partial charge in [0.15, 0.2) is 11.5 Å². The van der Waals surface area contributed by atoms with E-state index in [1.807, 2.05) is 30.3 Å². The summed E-state index contributed by atoms with van der Waals surface area (Å²) in [5, 5.41) is 0.565. The quantitative estimate of drug-likeness (QED) is 0.772. The van der Waals surface area contributed by atoms with Gasteiger partial charge in [-0.2, -0.15) is 0 Å². The third-order valence-electron chi connectivity index (χ3n) is 6.36. The summed E-state index contributed by atoms with van der Waals surface area (Å²) in [6.45, 7) is 1.12. The summed E-state index contributed by atoms with van der Waals surface area (Å²) in [5.74, 6) is 1.35. The molecule has 0 bridgehead atoms. The molecule has 2 N–H and O–H groups in total. The summed E-state index contributed by atoms with van der Waals surface area (Å²) >= 11 is 6.28. The summed E-state index contributed by atoms with van der Waals surface area (Å²) in [5.41, 5.74) is 6.84. The SMILES string of the molecule is COc1cc(Cl)cc(-c2ccc3c(c2)C2(CC4(CCCOC4)O3)N=C(N)N(C)C2=O)c1. The highest BCUT2D eigenvalue weighted by Crippen LogP contribution is 2.52. The molecule has 5 rings (SSSR count). The van der Waals surface area contributed by atoms with Crippen molar-refractivity contribution < 1.29 is 19.0 Å². The molecule has 0 aliphatic carbocycles. The lowest BCUT2D eigenvalue weighted by atomic mass is 9.74. The van der Waals surface area contributed by atoms with E-state index in [0.717, 1.165) is 24.0 Å². The summed E-state index contributed by atoms with van der Waals surface area (Å²) < 4.78 is 17.6. The lowest BCUT2D eigenvalue weighted by Crippen LogP contribution is -2.55. The van der Waals surface area contributed by atoms with Gasteiger partial charge in [0.1, 0.15) is 17.1 Å². The summed E-state index contributed by atoms with van der Waals surface area (Å²) in [6, 6.07) is 11.3. The number of amides is 1. The average molecular weight is 442 g/mol. The van der Waals surface area contributed by atoms with Crippen molar-refractivity contribution in [1.82, 2.24) is 4.90 Å². The van der Waals surface area contributed by atoms with Crippen LogP contribution in [0.5, 0.6) is 11.5 Å². The third-order valence-corrected chi connectivity index (χ3v) is 6.58. The molecule has 2 unspecified atom stereocenters. The fraction of sp³-hybridized carbons (Fsp3) is 0.391. The number of rotatable bonds is 2. The van der Waals surface area contributed by atoms with Crippen LogP contribution in [0.3, 0.4) is 0 Å². The normalized spacial score (nSPS) is 27.3. The van der Waals surface area contributed by atoms with Gasteiger partial charge in [-0.3, -0.25) is 9.69 Å². The molecule has 3 heterocycles. The van der Waals surface area contributed by atoms with Crippen LogP contribution in [-0.4, -0.2) is 49.7 Å². The molecule has 1 amide bonds. The number of hydrogen-bond donors (Lipinski definition) is 1. The van der Waals surface area contributed by atoms with Gasteiger partial charge in [-0.25, -0.2) is 4.99 Å². The Bertz CT molecular complexity index is 1100. The smallest absolute Gasteiger partial charge is 0.261 e. The van der Waals surface area contributed by atoms with Crippen molar-refractivity contribution in [2.24, 2.45) is 10.7 Å². The first kappa shape index (κ1) is 20.2. The van der Waals surface area contributed by atoms with Crippen LogP contribution in [0.1, 0.15) is 24.8 Å². The number of methoxy groups -OCH3 is 1. The van der Waals surface area contributed by atoms with Gasteiger partial charge in [-0.15, -0.1) is 0 Å². The highest BCUT2D eigenvalue weighted by atomic mass is 35.5. The van der Waals surface area contributed by atoms with Crippen LogP contribution < -0.4 is 15.2 Å². The minimum absolute atomic E-state index is 0.152. The van der Waals surface area contributed by atoms with E-state index in [9.17, 15) is 4.79 Å². The van der Waals surface area contributed by atoms with Crippen LogP contribution in [-0.2, 0) is 15.1 Å². The van der Waals surface area contributed by atoms with E-state index in [4.69, 9.17) is 36.5 Å². The molecule has 7 nitrogen and oxygen atoms in total. The zero-order chi connectivity index (χ0) is 21.8. The molecule has 31 heavy (non-hydrogen) atoms. The summed E-state index contributed by atoms with van der Waals surface area (Å²) in [6.07, 6.45) is 2.06. The fourth-order valence-corrected chi connectivity index (χ4v) is 5.06. The maximum atomic E-state index is 13.5. The van der Waals surface area contributed by atoms with Crippen molar-refractivity contribution in [2.45, 2.75) is 30.4 Å². The molecule has 8 heteroatoms. The summed E-state index contributed by atoms with van der Waals surface area (Å²) in [4.78, 5) is 19.6. The topological polar surface area (TPSA) is 86.4 Å². The van der Waals surface area contributed by atoms with Crippen molar-refractivity contribution in [3.8, 4) is 22.6 Å². The molecular weight excluding hydrogens is 418 g/mol. The number of aliphatic imine (C=N–C) groups is 1. The van der Waals surface area contributed by atoms with Crippen molar-refractivity contribution in [3.05, 3.63) is 47.0 Å². The Labute approximate surface area is 185 Å². The molecule has 2 aromatic carbocycles. The maximum Gasteiger partial charge on any atom is 0.261 e. The number of carbonyl (C=O) groups is 1. The molecule has 3 aliphatic rings. The molecule has 1 fully saturated rings. The first-order valence-electron chi connectivity index (χ1n) is 10.3. The number of benzene rings is 2. The van der Waals surface area contributed by atoms with Gasteiger partial charge in [0.2, 0.25) is 0 Å². The minimum atomic E-state index is -1.13. The van der Waals surface area contributed by atoms with Crippen molar-refractivity contribution in [1.29, 1.82) is 0 Å². The van der Waals surface area contributed by atoms with E-state index in [0.29, 0.717) is 41.7 Å². The fourth-order valence-electron chi connectivity index (χ4n) is 4.84. The van der Waals surface area contributed by atoms with Crippen LogP contribution in [0.4, 0.5) is 0 Å². The predicted molar refractivity (Wildman–Crippen MR) is 118 cm³/mol. The lowest BCUT2D eigenvalue weighted by Gasteiger charge is -2.46. The zero-order valence-corrected chi connectivity index (χ0v) is 18.2. The van der Waals surface area contributed by atoms with E-state index < -0.39 is 11.1 Å². The van der Waals surface area contributed by atoms with E-state index in [1.165, 1.54) is 4.90 Å². The minimum Gasteiger partial charge on any atom is -0.497 e. The number of halogens is 1. The molecule has 2 aromatic rings. The highest BCUT2D eigenvalue weighted by Gasteiger charge is 2.58. The maximum absolute atomic E-state index is 13.5. The van der Waals surface area contributed by atoms with E-state index >= 15 is 0 Å². The van der Waals surface area contributed by atoms with Gasteiger partial charge >= 0.3 is 0 Å². The van der Waals surface area contributed by atoms with Gasteiger partial charge in [0.05, 0.1) is 13.7 Å². The number of fused-ring (bicyclic) bond motifs is 2. The zero-order valence-electron chi connectivity index (χ0n) is 17.5. The third kappa shape index (κ3) is 3.15. The molecule has 0 saturated carbocycles. The molecule has 3 aliphatic heterocycles. The number of carbonyl (C=O) groups excluding carboxylic acids is 1. The van der Waals surface area contributed by atoms with Crippen LogP contribution in [0.25, 0.3) is 11.1 Å². The van der Waals surface area contributed by atoms with Crippen LogP contribution in [0.2, 0.25) is 5.02 Å². The van der Waals surface area contributed by atoms with Crippen molar-refractivity contribution in [2.75, 3.05) is 27.4 Å². The van der Waals surface area contributed by atoms with Crippen LogP contribution >= 0.6 is 11.6 Å². The highest BCUT2D eigenvalue weighted by molar-refractivity contribution is 6.31. The van der Waals surface area contributed by atoms with Gasteiger partial charge in [-0.05, 0) is 54.3 Å². The number of guanidine groups is 1. The number of likely N-dealkylation sites (N-methyl/N-ethyl adjacent to an activating group) is 1. The summed E-state index contributed by atoms with van der Waals surface area (Å²) in [7, 11) is 3.25. The first-order chi connectivity index (χ1) is 14.9. The Hall–Kier alpha value is -2.77. The molecule has 0 aromatic heterocycles. The molecule has 0 radical (unpaired) electrons. The lowest BCUT2D eigenvalue weighted by molar-refractivity contribution is -0.139. The Morgan fingerprint density at radius 3 is 2.74 bits per heavy atom. The molecule has 1 saturated heterocycles. The van der Waals surface area contributed by atoms with Gasteiger partial charge in [-0.1, -0.05) is 17.7 Å². The van der Waals surface area contributed by atoms with Crippen LogP contribution in [0, 0.1) is 0 Å². The molecule has 162 valence electrons. The standard InChI is InChI=1S/C23H24ClN3O4/c1-27-20(28)23(26-21(27)25)12-22(6-3-7-30-13-22)31-19-5-4-14(10-18(19)23)15-8-16(24)11-17(9-15)29-2/h4-5,8-11H,3,6-7,12-13H2,1-2H3,(H2,25,26). The van der Waals surface area contributed by atoms with E-state index in [2.05, 4.69) is 0 Å². The number of nitrogens with zero attached hydrogens (tertiary/aromatic N) is 2. The van der Waals surface area contributed by atoms with Crippen molar-refractivity contribution >= 4 is 23.5 Å². The average Bonchev–Trinajstić information content (AvgIpc) is 2.97. The van der Waals surface area contributed by atoms with Gasteiger partial charge in [0.25, 0.3) is 5.91 Å². The molecule has 2 atom stereocenters. The van der Waals surface area contributed by atoms with Crippen molar-refractivity contribution in [3.63, 3.8) is 0 Å². The van der Waals surface area contributed by atoms with Gasteiger partial charge < -0.3 is 19.9 Å². The second-order valence-corrected chi connectivity index (χ2v) is 8.84. The Balaban J connectivity index is 1.68. The first-order valence-corrected chi connectivity index (χ1v) is 10.6. The Morgan fingerprint density at radius 2 is 2.06 bits per heavy atom. The molecule has 2 spiro atoms. The Morgan fingerprint density at radius 1 is 1.23 bits per heavy atom. The number of hydrogen-bond acceptors (Lipinski definition) is 6. The largest absolute Gasteiger partial charge is 0.497 e. The van der Waals surface area contributed by atoms with Crippen LogP contribution in [0.15, 0.2) is 41.4 Å². The monoisotopic (exact) mass is 441 g/mol. The second-order valence-electron chi connectivity index (χ2n) is 8.40. The molecular formula is C23H24ClN3O4. The predicted octanol–water partition coefficient (Wildman–Crippen LogP) is 3.33. The second kappa shape index (κ2) is 7.14. The van der Waals surface area contributed by atoms with E-state index in [-0.39, 0.29) is 11.9 Å². The number of ether oxygens (including phenoxy) is 3. The van der Waals surface area contributed by atoms with Gasteiger partial charge in [0, 0.05) is 30.7 Å². The Kier molecular flexibility index (Phi) is 4.64.